The van der Waals surface area contributed by atoms with Gasteiger partial charge < -0.3 is 4.74 Å². The molecule has 72 valence electrons. The van der Waals surface area contributed by atoms with Gasteiger partial charge in [0, 0.05) is 5.39 Å². The lowest BCUT2D eigenvalue weighted by Crippen LogP contribution is -1.90. The Balaban J connectivity index is 2.69. The number of ether oxygens (including phenoxy) is 1. The Kier molecular flexibility index (Phi) is 2.59. The molecule has 0 atom stereocenters. The first-order valence-corrected chi connectivity index (χ1v) is 5.55. The van der Waals surface area contributed by atoms with Crippen LogP contribution in [-0.4, -0.2) is 18.3 Å². The molecule has 0 aliphatic rings. The van der Waals surface area contributed by atoms with E-state index in [2.05, 4.69) is 4.98 Å². The van der Waals surface area contributed by atoms with E-state index in [1.165, 1.54) is 0 Å². The van der Waals surface area contributed by atoms with Crippen molar-refractivity contribution in [1.82, 2.24) is 4.98 Å². The smallest absolute Gasteiger partial charge is 0.151 e. The van der Waals surface area contributed by atoms with E-state index < -0.39 is 0 Å². The van der Waals surface area contributed by atoms with Crippen molar-refractivity contribution < 1.29 is 4.74 Å². The number of methoxy groups -OCH3 is 1. The summed E-state index contributed by atoms with van der Waals surface area (Å²) >= 11 is 1.60. The minimum absolute atomic E-state index is 0.844. The molecule has 0 amide bonds. The molecule has 0 saturated carbocycles. The fraction of sp³-hybridized carbons (Fsp3) is 0.182. The summed E-state index contributed by atoms with van der Waals surface area (Å²) < 4.78 is 5.26. The van der Waals surface area contributed by atoms with Crippen LogP contribution in [0.15, 0.2) is 35.4 Å². The number of pyridine rings is 1. The fourth-order valence-corrected chi connectivity index (χ4v) is 1.90. The summed E-state index contributed by atoms with van der Waals surface area (Å²) in [6, 6.07) is 10.1. The molecule has 0 saturated heterocycles. The Labute approximate surface area is 87.3 Å². The molecule has 0 spiro atoms. The van der Waals surface area contributed by atoms with Crippen LogP contribution >= 0.6 is 11.8 Å². The molecule has 2 aromatic rings. The number of hydrogen-bond donors (Lipinski definition) is 0. The predicted octanol–water partition coefficient (Wildman–Crippen LogP) is 2.97. The number of aromatic nitrogens is 1. The molecule has 0 fully saturated rings. The quantitative estimate of drug-likeness (QED) is 0.704. The van der Waals surface area contributed by atoms with E-state index in [0.717, 1.165) is 21.7 Å². The molecule has 0 N–H and O–H groups in total. The Hall–Kier alpha value is -1.22. The van der Waals surface area contributed by atoms with Crippen molar-refractivity contribution in [3.05, 3.63) is 30.3 Å². The number of thioether (sulfide) groups is 1. The first-order valence-electron chi connectivity index (χ1n) is 4.33. The van der Waals surface area contributed by atoms with Crippen molar-refractivity contribution in [3.63, 3.8) is 0 Å². The molecule has 14 heavy (non-hydrogen) atoms. The third-order valence-corrected chi connectivity index (χ3v) is 2.75. The lowest BCUT2D eigenvalue weighted by Gasteiger charge is -2.06. The van der Waals surface area contributed by atoms with Crippen molar-refractivity contribution in [2.45, 2.75) is 5.03 Å². The number of fused-ring (bicyclic) bond motifs is 1. The molecule has 1 heterocycles. The minimum atomic E-state index is 0.844. The highest BCUT2D eigenvalue weighted by atomic mass is 32.2. The van der Waals surface area contributed by atoms with Gasteiger partial charge in [-0.2, -0.15) is 0 Å². The second kappa shape index (κ2) is 3.88. The molecule has 0 aliphatic carbocycles. The predicted molar refractivity (Wildman–Crippen MR) is 60.1 cm³/mol. The van der Waals surface area contributed by atoms with Gasteiger partial charge in [0.05, 0.1) is 12.6 Å². The molecular weight excluding hydrogens is 194 g/mol. The zero-order chi connectivity index (χ0) is 9.97. The van der Waals surface area contributed by atoms with Gasteiger partial charge in [-0.05, 0) is 18.4 Å². The highest BCUT2D eigenvalue weighted by Gasteiger charge is 2.04. The molecule has 2 rings (SSSR count). The first kappa shape index (κ1) is 9.34. The molecule has 1 aromatic heterocycles. The van der Waals surface area contributed by atoms with E-state index in [0.29, 0.717) is 0 Å². The van der Waals surface area contributed by atoms with Gasteiger partial charge in [0.2, 0.25) is 0 Å². The van der Waals surface area contributed by atoms with Crippen molar-refractivity contribution >= 4 is 22.7 Å². The zero-order valence-electron chi connectivity index (χ0n) is 8.15. The lowest BCUT2D eigenvalue weighted by molar-refractivity contribution is 0.402. The molecule has 0 unspecified atom stereocenters. The fourth-order valence-electron chi connectivity index (χ4n) is 1.37. The van der Waals surface area contributed by atoms with Crippen LogP contribution < -0.4 is 4.74 Å². The first-order chi connectivity index (χ1) is 6.85. The Bertz CT molecular complexity index is 413. The minimum Gasteiger partial charge on any atom is -0.494 e. The Morgan fingerprint density at radius 3 is 2.79 bits per heavy atom. The van der Waals surface area contributed by atoms with E-state index in [9.17, 15) is 0 Å². The van der Waals surface area contributed by atoms with Gasteiger partial charge in [0.15, 0.2) is 5.75 Å². The third-order valence-electron chi connectivity index (χ3n) is 2.07. The number of hydrogen-bond acceptors (Lipinski definition) is 3. The maximum atomic E-state index is 5.26. The monoisotopic (exact) mass is 205 g/mol. The maximum absolute atomic E-state index is 5.26. The summed E-state index contributed by atoms with van der Waals surface area (Å²) in [5, 5.41) is 2.05. The van der Waals surface area contributed by atoms with Gasteiger partial charge in [-0.25, -0.2) is 4.98 Å². The summed E-state index contributed by atoms with van der Waals surface area (Å²) in [7, 11) is 1.67. The van der Waals surface area contributed by atoms with E-state index >= 15 is 0 Å². The number of nitrogens with zero attached hydrogens (tertiary/aromatic N) is 1. The Morgan fingerprint density at radius 1 is 1.29 bits per heavy atom. The van der Waals surface area contributed by atoms with Crippen LogP contribution in [-0.2, 0) is 0 Å². The molecular formula is C11H11NOS. The molecule has 2 nitrogen and oxygen atoms in total. The van der Waals surface area contributed by atoms with Crippen LogP contribution in [0, 0.1) is 0 Å². The molecule has 0 radical (unpaired) electrons. The summed E-state index contributed by atoms with van der Waals surface area (Å²) in [6.07, 6.45) is 2.00. The van der Waals surface area contributed by atoms with Crippen molar-refractivity contribution in [2.24, 2.45) is 0 Å². The van der Waals surface area contributed by atoms with Crippen LogP contribution in [0.2, 0.25) is 0 Å². The third kappa shape index (κ3) is 1.55. The van der Waals surface area contributed by atoms with Gasteiger partial charge in [-0.15, -0.1) is 11.8 Å². The van der Waals surface area contributed by atoms with Gasteiger partial charge in [-0.3, -0.25) is 0 Å². The Morgan fingerprint density at radius 2 is 2.07 bits per heavy atom. The van der Waals surface area contributed by atoms with Gasteiger partial charge in [0.25, 0.3) is 0 Å². The SMILES string of the molecule is COc1cc2ccccc2nc1SC. The van der Waals surface area contributed by atoms with Crippen LogP contribution in [0.25, 0.3) is 10.9 Å². The number of rotatable bonds is 2. The zero-order valence-corrected chi connectivity index (χ0v) is 8.97. The van der Waals surface area contributed by atoms with E-state index in [4.69, 9.17) is 4.74 Å². The molecule has 1 aromatic carbocycles. The van der Waals surface area contributed by atoms with Gasteiger partial charge in [-0.1, -0.05) is 18.2 Å². The summed E-state index contributed by atoms with van der Waals surface area (Å²) in [5.41, 5.74) is 1.01. The van der Waals surface area contributed by atoms with Crippen LogP contribution in [0.4, 0.5) is 0 Å². The molecule has 3 heteroatoms. The average molecular weight is 205 g/mol. The van der Waals surface area contributed by atoms with Gasteiger partial charge in [0.1, 0.15) is 5.03 Å². The van der Waals surface area contributed by atoms with Gasteiger partial charge >= 0.3 is 0 Å². The lowest BCUT2D eigenvalue weighted by atomic mass is 10.2. The second-order valence-corrected chi connectivity index (χ2v) is 3.69. The van der Waals surface area contributed by atoms with E-state index in [-0.39, 0.29) is 0 Å². The van der Waals surface area contributed by atoms with E-state index in [1.54, 1.807) is 18.9 Å². The highest BCUT2D eigenvalue weighted by molar-refractivity contribution is 7.98. The highest BCUT2D eigenvalue weighted by Crippen LogP contribution is 2.28. The van der Waals surface area contributed by atoms with Crippen LogP contribution in [0.3, 0.4) is 0 Å². The topological polar surface area (TPSA) is 22.1 Å². The van der Waals surface area contributed by atoms with Crippen molar-refractivity contribution in [2.75, 3.05) is 13.4 Å². The molecule has 0 aliphatic heterocycles. The van der Waals surface area contributed by atoms with Crippen LogP contribution in [0.1, 0.15) is 0 Å². The number of benzene rings is 1. The summed E-state index contributed by atoms with van der Waals surface area (Å²) in [4.78, 5) is 4.50. The van der Waals surface area contributed by atoms with E-state index in [1.807, 2.05) is 36.6 Å². The van der Waals surface area contributed by atoms with Crippen molar-refractivity contribution in [3.8, 4) is 5.75 Å². The maximum Gasteiger partial charge on any atom is 0.151 e. The van der Waals surface area contributed by atoms with Crippen LogP contribution in [0.5, 0.6) is 5.75 Å². The normalized spacial score (nSPS) is 10.4. The summed E-state index contributed by atoms with van der Waals surface area (Å²) in [5.74, 6) is 0.844. The average Bonchev–Trinajstić information content (AvgIpc) is 2.27. The second-order valence-electron chi connectivity index (χ2n) is 2.89. The summed E-state index contributed by atoms with van der Waals surface area (Å²) in [6.45, 7) is 0. The molecule has 0 bridgehead atoms. The largest absolute Gasteiger partial charge is 0.494 e. The standard InChI is InChI=1S/C11H11NOS/c1-13-10-7-8-5-3-4-6-9(8)12-11(10)14-2/h3-7H,1-2H3. The van der Waals surface area contributed by atoms with Crippen molar-refractivity contribution in [1.29, 1.82) is 0 Å². The number of para-hydroxylation sites is 1.